The molecule has 1 aromatic carbocycles. The molecule has 2 heterocycles. The number of fused-ring (bicyclic) bond motifs is 3. The molecule has 1 aliphatic carbocycles. The number of aromatic nitrogens is 2. The quantitative estimate of drug-likeness (QED) is 0.422. The molecule has 2 aromatic heterocycles. The van der Waals surface area contributed by atoms with Gasteiger partial charge in [-0.3, -0.25) is 14.2 Å². The van der Waals surface area contributed by atoms with Crippen molar-refractivity contribution >= 4 is 39.2 Å². The van der Waals surface area contributed by atoms with Crippen molar-refractivity contribution in [3.05, 3.63) is 56.2 Å². The number of carbonyl (C=O) groups excluding carboxylic acids is 1. The SMILES string of the molecule is CCCn1c(SCC(=O)NCCc2ccccc2C)nc2sc3c(c2c1=O)CCC3. The van der Waals surface area contributed by atoms with E-state index in [1.54, 1.807) is 15.9 Å². The third kappa shape index (κ3) is 4.32. The second kappa shape index (κ2) is 9.35. The van der Waals surface area contributed by atoms with Gasteiger partial charge in [-0.05, 0) is 55.7 Å². The molecule has 0 spiro atoms. The number of nitrogens with one attached hydrogen (secondary N) is 1. The molecule has 0 atom stereocenters. The Bertz CT molecular complexity index is 1130. The van der Waals surface area contributed by atoms with Crippen LogP contribution in [0.4, 0.5) is 0 Å². The highest BCUT2D eigenvalue weighted by Gasteiger charge is 2.23. The fourth-order valence-corrected chi connectivity index (χ4v) is 6.16. The fourth-order valence-electron chi connectivity index (χ4n) is 4.00. The topological polar surface area (TPSA) is 64.0 Å². The molecule has 0 radical (unpaired) electrons. The van der Waals surface area contributed by atoms with Gasteiger partial charge in [0.15, 0.2) is 5.16 Å². The van der Waals surface area contributed by atoms with Crippen molar-refractivity contribution in [3.8, 4) is 0 Å². The Labute approximate surface area is 184 Å². The van der Waals surface area contributed by atoms with Crippen LogP contribution in [0.3, 0.4) is 0 Å². The van der Waals surface area contributed by atoms with Gasteiger partial charge in [0.25, 0.3) is 5.56 Å². The van der Waals surface area contributed by atoms with Crippen LogP contribution in [0.15, 0.2) is 34.2 Å². The van der Waals surface area contributed by atoms with E-state index in [0.29, 0.717) is 18.2 Å². The van der Waals surface area contributed by atoms with Crippen molar-refractivity contribution in [2.75, 3.05) is 12.3 Å². The van der Waals surface area contributed by atoms with Crippen molar-refractivity contribution < 1.29 is 4.79 Å². The molecule has 0 fully saturated rings. The number of nitrogens with zero attached hydrogens (tertiary/aromatic N) is 2. The predicted molar refractivity (Wildman–Crippen MR) is 125 cm³/mol. The summed E-state index contributed by atoms with van der Waals surface area (Å²) in [5, 5.41) is 4.46. The van der Waals surface area contributed by atoms with Crippen LogP contribution in [0, 0.1) is 6.92 Å². The lowest BCUT2D eigenvalue weighted by Gasteiger charge is -2.12. The molecule has 5 nitrogen and oxygen atoms in total. The summed E-state index contributed by atoms with van der Waals surface area (Å²) in [6, 6.07) is 8.23. The van der Waals surface area contributed by atoms with Gasteiger partial charge in [0.05, 0.1) is 11.1 Å². The lowest BCUT2D eigenvalue weighted by Crippen LogP contribution is -2.28. The minimum absolute atomic E-state index is 0.0281. The third-order valence-electron chi connectivity index (χ3n) is 5.55. The molecule has 4 rings (SSSR count). The summed E-state index contributed by atoms with van der Waals surface area (Å²) < 4.78 is 1.76. The molecule has 0 unspecified atom stereocenters. The molecule has 1 N–H and O–H groups in total. The van der Waals surface area contributed by atoms with Crippen LogP contribution in [0.25, 0.3) is 10.2 Å². The minimum Gasteiger partial charge on any atom is -0.355 e. The summed E-state index contributed by atoms with van der Waals surface area (Å²) in [4.78, 5) is 32.5. The third-order valence-corrected chi connectivity index (χ3v) is 7.71. The van der Waals surface area contributed by atoms with Gasteiger partial charge in [0, 0.05) is 18.0 Å². The highest BCUT2D eigenvalue weighted by atomic mass is 32.2. The number of amides is 1. The first kappa shape index (κ1) is 21.1. The van der Waals surface area contributed by atoms with Gasteiger partial charge in [0.1, 0.15) is 4.83 Å². The number of rotatable bonds is 8. The lowest BCUT2D eigenvalue weighted by molar-refractivity contribution is -0.118. The summed E-state index contributed by atoms with van der Waals surface area (Å²) in [6.45, 7) is 5.38. The second-order valence-corrected chi connectivity index (χ2v) is 9.73. The monoisotopic (exact) mass is 441 g/mol. The smallest absolute Gasteiger partial charge is 0.263 e. The van der Waals surface area contributed by atoms with Crippen molar-refractivity contribution in [3.63, 3.8) is 0 Å². The van der Waals surface area contributed by atoms with Gasteiger partial charge < -0.3 is 5.32 Å². The van der Waals surface area contributed by atoms with Gasteiger partial charge in [0.2, 0.25) is 5.91 Å². The molecular weight excluding hydrogens is 414 g/mol. The van der Waals surface area contributed by atoms with E-state index in [-0.39, 0.29) is 17.2 Å². The number of carbonyl (C=O) groups is 1. The Morgan fingerprint density at radius 1 is 1.30 bits per heavy atom. The van der Waals surface area contributed by atoms with Crippen LogP contribution >= 0.6 is 23.1 Å². The lowest BCUT2D eigenvalue weighted by atomic mass is 10.1. The maximum Gasteiger partial charge on any atom is 0.263 e. The maximum absolute atomic E-state index is 13.2. The number of aryl methyl sites for hydroxylation is 3. The summed E-state index contributed by atoms with van der Waals surface area (Å²) in [5.41, 5.74) is 3.76. The van der Waals surface area contributed by atoms with Crippen LogP contribution < -0.4 is 10.9 Å². The van der Waals surface area contributed by atoms with E-state index in [2.05, 4.69) is 31.3 Å². The first-order valence-corrected chi connectivity index (χ1v) is 12.4. The molecule has 7 heteroatoms. The average molecular weight is 442 g/mol. The van der Waals surface area contributed by atoms with Gasteiger partial charge in [-0.1, -0.05) is 43.0 Å². The summed E-state index contributed by atoms with van der Waals surface area (Å²) >= 11 is 3.01. The van der Waals surface area contributed by atoms with E-state index < -0.39 is 0 Å². The highest BCUT2D eigenvalue weighted by molar-refractivity contribution is 7.99. The van der Waals surface area contributed by atoms with Crippen LogP contribution in [0.2, 0.25) is 0 Å². The average Bonchev–Trinajstić information content (AvgIpc) is 3.31. The van der Waals surface area contributed by atoms with Gasteiger partial charge in [-0.2, -0.15) is 0 Å². The molecule has 0 saturated carbocycles. The summed E-state index contributed by atoms with van der Waals surface area (Å²) in [5.74, 6) is 0.236. The number of thiophene rings is 1. The van der Waals surface area contributed by atoms with E-state index in [4.69, 9.17) is 4.98 Å². The van der Waals surface area contributed by atoms with Crippen LogP contribution in [0.1, 0.15) is 41.3 Å². The van der Waals surface area contributed by atoms with E-state index in [1.165, 1.54) is 33.3 Å². The van der Waals surface area contributed by atoms with E-state index in [1.807, 2.05) is 12.1 Å². The molecule has 0 saturated heterocycles. The Morgan fingerprint density at radius 3 is 2.93 bits per heavy atom. The number of hydrogen-bond donors (Lipinski definition) is 1. The Hall–Kier alpha value is -2.12. The fraction of sp³-hybridized carbons (Fsp3) is 0.435. The molecule has 0 bridgehead atoms. The maximum atomic E-state index is 13.2. The molecular formula is C23H27N3O2S2. The van der Waals surface area contributed by atoms with Crippen molar-refractivity contribution in [2.24, 2.45) is 0 Å². The minimum atomic E-state index is -0.0281. The summed E-state index contributed by atoms with van der Waals surface area (Å²) in [6.07, 6.45) is 4.83. The standard InChI is InChI=1S/C23H27N3O2S2/c1-3-13-26-22(28)20-17-9-6-10-18(17)30-21(20)25-23(26)29-14-19(27)24-12-11-16-8-5-4-7-15(16)2/h4-5,7-8H,3,6,9-14H2,1-2H3,(H,24,27). The number of thioether (sulfide) groups is 1. The van der Waals surface area contributed by atoms with E-state index >= 15 is 0 Å². The molecule has 1 amide bonds. The van der Waals surface area contributed by atoms with E-state index in [0.717, 1.165) is 42.3 Å². The zero-order valence-corrected chi connectivity index (χ0v) is 19.1. The van der Waals surface area contributed by atoms with E-state index in [9.17, 15) is 9.59 Å². The first-order valence-electron chi connectivity index (χ1n) is 10.6. The van der Waals surface area contributed by atoms with Crippen LogP contribution in [0.5, 0.6) is 0 Å². The van der Waals surface area contributed by atoms with Gasteiger partial charge in [-0.25, -0.2) is 4.98 Å². The van der Waals surface area contributed by atoms with Gasteiger partial charge >= 0.3 is 0 Å². The highest BCUT2D eigenvalue weighted by Crippen LogP contribution is 2.35. The van der Waals surface area contributed by atoms with Crippen LogP contribution in [-0.2, 0) is 30.6 Å². The van der Waals surface area contributed by atoms with Crippen molar-refractivity contribution in [2.45, 2.75) is 57.7 Å². The van der Waals surface area contributed by atoms with Crippen molar-refractivity contribution in [1.29, 1.82) is 0 Å². The molecule has 3 aromatic rings. The molecule has 0 aliphatic heterocycles. The predicted octanol–water partition coefficient (Wildman–Crippen LogP) is 4.12. The number of benzene rings is 1. The summed E-state index contributed by atoms with van der Waals surface area (Å²) in [7, 11) is 0. The number of hydrogen-bond acceptors (Lipinski definition) is 5. The molecule has 158 valence electrons. The Kier molecular flexibility index (Phi) is 6.58. The largest absolute Gasteiger partial charge is 0.355 e. The van der Waals surface area contributed by atoms with Gasteiger partial charge in [-0.15, -0.1) is 11.3 Å². The Morgan fingerprint density at radius 2 is 2.13 bits per heavy atom. The first-order chi connectivity index (χ1) is 14.6. The van der Waals surface area contributed by atoms with Crippen molar-refractivity contribution in [1.82, 2.24) is 14.9 Å². The molecule has 30 heavy (non-hydrogen) atoms. The molecule has 1 aliphatic rings. The zero-order chi connectivity index (χ0) is 21.1. The zero-order valence-electron chi connectivity index (χ0n) is 17.5. The van der Waals surface area contributed by atoms with Crippen LogP contribution in [-0.4, -0.2) is 27.8 Å². The second-order valence-electron chi connectivity index (χ2n) is 7.70. The normalized spacial score (nSPS) is 13.0. The Balaban J connectivity index is 1.44.